The number of hydrogen-bond acceptors (Lipinski definition) is 6. The molecular formula is C19H21ClN2O5. The van der Waals surface area contributed by atoms with Crippen LogP contribution in [0.25, 0.3) is 0 Å². The SMILES string of the molecule is CCOc1ccccc1OCC(=O)N/N=C\c1cc(Cl)c(O)c(OCC)c1. The van der Waals surface area contributed by atoms with Gasteiger partial charge < -0.3 is 19.3 Å². The number of nitrogens with one attached hydrogen (secondary N) is 1. The molecule has 0 aromatic heterocycles. The highest BCUT2D eigenvalue weighted by Crippen LogP contribution is 2.34. The van der Waals surface area contributed by atoms with Gasteiger partial charge in [0.15, 0.2) is 29.6 Å². The molecule has 0 saturated carbocycles. The van der Waals surface area contributed by atoms with Crippen LogP contribution >= 0.6 is 11.6 Å². The molecule has 7 nitrogen and oxygen atoms in total. The van der Waals surface area contributed by atoms with E-state index in [0.29, 0.717) is 30.3 Å². The lowest BCUT2D eigenvalue weighted by Crippen LogP contribution is -2.24. The predicted molar refractivity (Wildman–Crippen MR) is 103 cm³/mol. The van der Waals surface area contributed by atoms with Gasteiger partial charge in [0.1, 0.15) is 0 Å². The number of hydrazone groups is 1. The van der Waals surface area contributed by atoms with E-state index in [1.165, 1.54) is 12.3 Å². The van der Waals surface area contributed by atoms with Gasteiger partial charge in [-0.3, -0.25) is 4.79 Å². The first kappa shape index (κ1) is 20.4. The van der Waals surface area contributed by atoms with E-state index in [0.717, 1.165) is 0 Å². The number of phenolic OH excluding ortho intramolecular Hbond substituents is 1. The van der Waals surface area contributed by atoms with Crippen molar-refractivity contribution < 1.29 is 24.1 Å². The van der Waals surface area contributed by atoms with Crippen molar-refractivity contribution in [2.45, 2.75) is 13.8 Å². The molecule has 27 heavy (non-hydrogen) atoms. The number of rotatable bonds is 9. The van der Waals surface area contributed by atoms with Crippen molar-refractivity contribution in [2.24, 2.45) is 5.10 Å². The Labute approximate surface area is 162 Å². The molecule has 2 rings (SSSR count). The van der Waals surface area contributed by atoms with Gasteiger partial charge >= 0.3 is 0 Å². The van der Waals surface area contributed by atoms with Crippen LogP contribution in [0.5, 0.6) is 23.0 Å². The first-order valence-electron chi connectivity index (χ1n) is 8.37. The van der Waals surface area contributed by atoms with Crippen molar-refractivity contribution in [1.29, 1.82) is 0 Å². The molecule has 0 aliphatic rings. The second-order valence-electron chi connectivity index (χ2n) is 5.24. The average molecular weight is 393 g/mol. The molecule has 0 radical (unpaired) electrons. The number of hydrogen-bond donors (Lipinski definition) is 2. The Kier molecular flexibility index (Phi) is 7.76. The molecule has 144 valence electrons. The van der Waals surface area contributed by atoms with Gasteiger partial charge in [-0.1, -0.05) is 23.7 Å². The molecule has 0 aliphatic carbocycles. The van der Waals surface area contributed by atoms with Crippen molar-refractivity contribution in [3.05, 3.63) is 47.0 Å². The number of carbonyl (C=O) groups is 1. The molecule has 0 atom stereocenters. The number of amides is 1. The van der Waals surface area contributed by atoms with Gasteiger partial charge in [0.2, 0.25) is 0 Å². The number of halogens is 1. The average Bonchev–Trinajstić information content (AvgIpc) is 2.65. The topological polar surface area (TPSA) is 89.4 Å². The van der Waals surface area contributed by atoms with E-state index in [2.05, 4.69) is 10.5 Å². The van der Waals surface area contributed by atoms with Crippen molar-refractivity contribution in [3.8, 4) is 23.0 Å². The summed E-state index contributed by atoms with van der Waals surface area (Å²) >= 11 is 5.94. The van der Waals surface area contributed by atoms with Crippen LogP contribution in [0, 0.1) is 0 Å². The fraction of sp³-hybridized carbons (Fsp3) is 0.263. The van der Waals surface area contributed by atoms with Crippen molar-refractivity contribution in [3.63, 3.8) is 0 Å². The van der Waals surface area contributed by atoms with Crippen LogP contribution in [0.1, 0.15) is 19.4 Å². The number of nitrogens with zero attached hydrogens (tertiary/aromatic N) is 1. The van der Waals surface area contributed by atoms with E-state index in [1.54, 1.807) is 31.2 Å². The first-order chi connectivity index (χ1) is 13.0. The maximum atomic E-state index is 11.9. The van der Waals surface area contributed by atoms with Crippen LogP contribution < -0.4 is 19.6 Å². The summed E-state index contributed by atoms with van der Waals surface area (Å²) < 4.78 is 16.2. The highest BCUT2D eigenvalue weighted by molar-refractivity contribution is 6.32. The predicted octanol–water partition coefficient (Wildman–Crippen LogP) is 3.37. The van der Waals surface area contributed by atoms with E-state index in [9.17, 15) is 9.90 Å². The third kappa shape index (κ3) is 6.07. The van der Waals surface area contributed by atoms with E-state index < -0.39 is 5.91 Å². The second-order valence-corrected chi connectivity index (χ2v) is 5.65. The number of aromatic hydroxyl groups is 1. The van der Waals surface area contributed by atoms with Crippen LogP contribution in [-0.4, -0.2) is 37.0 Å². The zero-order valence-corrected chi connectivity index (χ0v) is 15.8. The summed E-state index contributed by atoms with van der Waals surface area (Å²) in [6.07, 6.45) is 1.39. The molecule has 0 bridgehead atoms. The fourth-order valence-corrected chi connectivity index (χ4v) is 2.35. The van der Waals surface area contributed by atoms with Gasteiger partial charge in [0.05, 0.1) is 24.5 Å². The van der Waals surface area contributed by atoms with Crippen molar-refractivity contribution >= 4 is 23.7 Å². The van der Waals surface area contributed by atoms with Crippen LogP contribution in [0.2, 0.25) is 5.02 Å². The Hall–Kier alpha value is -2.93. The standard InChI is InChI=1S/C19H21ClN2O5/c1-3-25-15-7-5-6-8-16(15)27-12-18(23)22-21-11-13-9-14(20)19(24)17(10-13)26-4-2/h5-11,24H,3-4,12H2,1-2H3,(H,22,23)/b21-11-. The molecule has 0 fully saturated rings. The summed E-state index contributed by atoms with van der Waals surface area (Å²) in [6.45, 7) is 4.31. The van der Waals surface area contributed by atoms with Gasteiger partial charge in [-0.15, -0.1) is 0 Å². The van der Waals surface area contributed by atoms with Gasteiger partial charge in [-0.05, 0) is 43.7 Å². The zero-order chi connectivity index (χ0) is 19.6. The van der Waals surface area contributed by atoms with Crippen LogP contribution in [0.4, 0.5) is 0 Å². The second kappa shape index (κ2) is 10.3. The zero-order valence-electron chi connectivity index (χ0n) is 15.1. The Balaban J connectivity index is 1.92. The summed E-state index contributed by atoms with van der Waals surface area (Å²) in [5.74, 6) is 0.714. The van der Waals surface area contributed by atoms with Crippen LogP contribution in [0.3, 0.4) is 0 Å². The number of phenols is 1. The molecule has 2 aromatic carbocycles. The summed E-state index contributed by atoms with van der Waals surface area (Å²) in [4.78, 5) is 11.9. The molecule has 0 spiro atoms. The number of para-hydroxylation sites is 2. The molecule has 8 heteroatoms. The minimum Gasteiger partial charge on any atom is -0.503 e. The van der Waals surface area contributed by atoms with Crippen molar-refractivity contribution in [2.75, 3.05) is 19.8 Å². The lowest BCUT2D eigenvalue weighted by Gasteiger charge is -2.10. The maximum absolute atomic E-state index is 11.9. The Morgan fingerprint density at radius 3 is 2.41 bits per heavy atom. The Bertz CT molecular complexity index is 811. The van der Waals surface area contributed by atoms with E-state index >= 15 is 0 Å². The van der Waals surface area contributed by atoms with Gasteiger partial charge in [0.25, 0.3) is 5.91 Å². The van der Waals surface area contributed by atoms with Crippen molar-refractivity contribution in [1.82, 2.24) is 5.43 Å². The highest BCUT2D eigenvalue weighted by atomic mass is 35.5. The fourth-order valence-electron chi connectivity index (χ4n) is 2.13. The maximum Gasteiger partial charge on any atom is 0.277 e. The minimum atomic E-state index is -0.438. The minimum absolute atomic E-state index is 0.129. The lowest BCUT2D eigenvalue weighted by molar-refractivity contribution is -0.123. The summed E-state index contributed by atoms with van der Waals surface area (Å²) in [6, 6.07) is 10.2. The Morgan fingerprint density at radius 2 is 1.74 bits per heavy atom. The number of benzene rings is 2. The van der Waals surface area contributed by atoms with Gasteiger partial charge in [-0.2, -0.15) is 5.10 Å². The van der Waals surface area contributed by atoms with Crippen LogP contribution in [-0.2, 0) is 4.79 Å². The third-order valence-electron chi connectivity index (χ3n) is 3.26. The van der Waals surface area contributed by atoms with E-state index in [-0.39, 0.29) is 23.1 Å². The molecule has 0 heterocycles. The molecule has 2 N–H and O–H groups in total. The smallest absolute Gasteiger partial charge is 0.277 e. The third-order valence-corrected chi connectivity index (χ3v) is 3.55. The molecule has 0 aliphatic heterocycles. The van der Waals surface area contributed by atoms with E-state index in [1.807, 2.05) is 13.0 Å². The molecule has 0 saturated heterocycles. The quantitative estimate of drug-likeness (QED) is 0.504. The molecule has 0 unspecified atom stereocenters. The lowest BCUT2D eigenvalue weighted by atomic mass is 10.2. The Morgan fingerprint density at radius 1 is 1.11 bits per heavy atom. The highest BCUT2D eigenvalue weighted by Gasteiger charge is 2.09. The summed E-state index contributed by atoms with van der Waals surface area (Å²) in [7, 11) is 0. The molecule has 2 aromatic rings. The van der Waals surface area contributed by atoms with Gasteiger partial charge in [0, 0.05) is 0 Å². The summed E-state index contributed by atoms with van der Waals surface area (Å²) in [5.41, 5.74) is 2.92. The summed E-state index contributed by atoms with van der Waals surface area (Å²) in [5, 5.41) is 13.8. The van der Waals surface area contributed by atoms with Crippen LogP contribution in [0.15, 0.2) is 41.5 Å². The largest absolute Gasteiger partial charge is 0.503 e. The monoisotopic (exact) mass is 392 g/mol. The molecular weight excluding hydrogens is 372 g/mol. The number of carbonyl (C=O) groups excluding carboxylic acids is 1. The molecule has 1 amide bonds. The van der Waals surface area contributed by atoms with Gasteiger partial charge in [-0.25, -0.2) is 5.43 Å². The van der Waals surface area contributed by atoms with E-state index in [4.69, 9.17) is 25.8 Å². The normalized spacial score (nSPS) is 10.6. The number of ether oxygens (including phenoxy) is 3. The first-order valence-corrected chi connectivity index (χ1v) is 8.74.